The highest BCUT2D eigenvalue weighted by Crippen LogP contribution is 1.83. The number of amides is 1. The first kappa shape index (κ1) is 7.95. The molecule has 0 atom stereocenters. The average molecular weight is 125 g/mol. The number of hydrogen-bond acceptors (Lipinski definition) is 1. The van der Waals surface area contributed by atoms with Gasteiger partial charge in [0.05, 0.1) is 0 Å². The van der Waals surface area contributed by atoms with Crippen LogP contribution in [0.5, 0.6) is 0 Å². The molecule has 9 heavy (non-hydrogen) atoms. The van der Waals surface area contributed by atoms with Crippen LogP contribution >= 0.6 is 0 Å². The molecule has 0 spiro atoms. The van der Waals surface area contributed by atoms with E-state index in [2.05, 4.69) is 11.9 Å². The second-order valence-electron chi connectivity index (χ2n) is 1.75. The van der Waals surface area contributed by atoms with Crippen molar-refractivity contribution in [2.24, 2.45) is 0 Å². The summed E-state index contributed by atoms with van der Waals surface area (Å²) < 4.78 is 0. The fourth-order valence-electron chi connectivity index (χ4n) is 0.282. The minimum atomic E-state index is -0.131. The molecule has 0 fully saturated rings. The summed E-state index contributed by atoms with van der Waals surface area (Å²) in [6, 6.07) is 0. The highest BCUT2D eigenvalue weighted by atomic mass is 16.1. The van der Waals surface area contributed by atoms with Gasteiger partial charge < -0.3 is 5.32 Å². The van der Waals surface area contributed by atoms with Crippen molar-refractivity contribution >= 4 is 5.91 Å². The molecule has 0 aromatic heterocycles. The quantitative estimate of drug-likeness (QED) is 0.552. The maximum atomic E-state index is 10.6. The first-order valence-electron chi connectivity index (χ1n) is 2.76. The average Bonchev–Trinajstić information content (AvgIpc) is 1.82. The lowest BCUT2D eigenvalue weighted by Gasteiger charge is -1.94. The van der Waals surface area contributed by atoms with E-state index in [1.165, 1.54) is 0 Å². The van der Waals surface area contributed by atoms with E-state index < -0.39 is 0 Å². The molecule has 0 rings (SSSR count). The number of carbonyl (C=O) groups is 1. The Morgan fingerprint density at radius 3 is 2.56 bits per heavy atom. The van der Waals surface area contributed by atoms with E-state index in [-0.39, 0.29) is 5.91 Å². The zero-order valence-corrected chi connectivity index (χ0v) is 5.77. The number of carbonyl (C=O) groups excluding carboxylic acids is 1. The van der Waals surface area contributed by atoms with E-state index in [1.54, 1.807) is 19.2 Å². The Bertz CT molecular complexity index is 147. The molecule has 0 heterocycles. The van der Waals surface area contributed by atoms with Crippen LogP contribution in [0.15, 0.2) is 24.4 Å². The standard InChI is InChI=1S/C7H11NO/c1-4-5-8-7(9)6(2)3/h4-5H,2H2,1,3H3,(H,8,9). The van der Waals surface area contributed by atoms with Crippen molar-refractivity contribution in [2.75, 3.05) is 0 Å². The zero-order valence-electron chi connectivity index (χ0n) is 5.77. The third-order valence-electron chi connectivity index (χ3n) is 0.769. The van der Waals surface area contributed by atoms with Crippen LogP contribution in [0.4, 0.5) is 0 Å². The molecular formula is C7H11NO. The van der Waals surface area contributed by atoms with Crippen molar-refractivity contribution < 1.29 is 4.79 Å². The number of hydrogen-bond donors (Lipinski definition) is 1. The molecule has 0 aromatic rings. The largest absolute Gasteiger partial charge is 0.329 e. The van der Waals surface area contributed by atoms with E-state index in [1.807, 2.05) is 6.92 Å². The zero-order chi connectivity index (χ0) is 7.28. The van der Waals surface area contributed by atoms with Gasteiger partial charge >= 0.3 is 0 Å². The van der Waals surface area contributed by atoms with E-state index >= 15 is 0 Å². The molecule has 1 N–H and O–H groups in total. The van der Waals surface area contributed by atoms with E-state index in [4.69, 9.17) is 0 Å². The number of rotatable bonds is 2. The normalized spacial score (nSPS) is 9.56. The monoisotopic (exact) mass is 125 g/mol. The Balaban J connectivity index is 3.65. The Morgan fingerprint density at radius 2 is 2.22 bits per heavy atom. The fourth-order valence-corrected chi connectivity index (χ4v) is 0.282. The lowest BCUT2D eigenvalue weighted by atomic mass is 10.3. The van der Waals surface area contributed by atoms with E-state index in [9.17, 15) is 4.79 Å². The summed E-state index contributed by atoms with van der Waals surface area (Å²) in [5, 5.41) is 2.51. The third-order valence-corrected chi connectivity index (χ3v) is 0.769. The Hall–Kier alpha value is -1.05. The van der Waals surface area contributed by atoms with Crippen molar-refractivity contribution in [3.05, 3.63) is 24.4 Å². The first-order chi connectivity index (χ1) is 4.18. The van der Waals surface area contributed by atoms with Crippen LogP contribution in [0.3, 0.4) is 0 Å². The van der Waals surface area contributed by atoms with Crippen LogP contribution in [0, 0.1) is 0 Å². The first-order valence-corrected chi connectivity index (χ1v) is 2.76. The van der Waals surface area contributed by atoms with Crippen molar-refractivity contribution in [2.45, 2.75) is 13.8 Å². The lowest BCUT2D eigenvalue weighted by Crippen LogP contribution is -2.16. The van der Waals surface area contributed by atoms with E-state index in [0.717, 1.165) is 0 Å². The van der Waals surface area contributed by atoms with Gasteiger partial charge in [0.1, 0.15) is 0 Å². The van der Waals surface area contributed by atoms with Crippen LogP contribution in [-0.4, -0.2) is 5.91 Å². The summed E-state index contributed by atoms with van der Waals surface area (Å²) in [6.07, 6.45) is 3.33. The van der Waals surface area contributed by atoms with Gasteiger partial charge in [-0.2, -0.15) is 0 Å². The predicted octanol–water partition coefficient (Wildman–Crippen LogP) is 1.21. The summed E-state index contributed by atoms with van der Waals surface area (Å²) >= 11 is 0. The second kappa shape index (κ2) is 3.89. The van der Waals surface area contributed by atoms with Crippen LogP contribution in [0.25, 0.3) is 0 Å². The van der Waals surface area contributed by atoms with Crippen molar-refractivity contribution in [1.82, 2.24) is 5.32 Å². The molecular weight excluding hydrogens is 114 g/mol. The topological polar surface area (TPSA) is 29.1 Å². The molecule has 0 radical (unpaired) electrons. The molecule has 0 bridgehead atoms. The van der Waals surface area contributed by atoms with Gasteiger partial charge in [-0.25, -0.2) is 0 Å². The molecule has 0 aliphatic carbocycles. The Morgan fingerprint density at radius 1 is 1.67 bits per heavy atom. The Kier molecular flexibility index (Phi) is 3.44. The highest BCUT2D eigenvalue weighted by molar-refractivity contribution is 5.92. The third kappa shape index (κ3) is 3.53. The molecule has 0 saturated carbocycles. The van der Waals surface area contributed by atoms with Crippen molar-refractivity contribution in [1.29, 1.82) is 0 Å². The van der Waals surface area contributed by atoms with Crippen molar-refractivity contribution in [3.8, 4) is 0 Å². The number of allylic oxidation sites excluding steroid dienone is 1. The molecule has 0 aliphatic rings. The van der Waals surface area contributed by atoms with E-state index in [0.29, 0.717) is 5.57 Å². The molecule has 0 aliphatic heterocycles. The minimum Gasteiger partial charge on any atom is -0.329 e. The van der Waals surface area contributed by atoms with Crippen LogP contribution < -0.4 is 5.32 Å². The summed E-state index contributed by atoms with van der Waals surface area (Å²) in [5.74, 6) is -0.131. The number of nitrogens with one attached hydrogen (secondary N) is 1. The Labute approximate surface area is 55.3 Å². The molecule has 2 heteroatoms. The van der Waals surface area contributed by atoms with Gasteiger partial charge in [0.25, 0.3) is 0 Å². The maximum Gasteiger partial charge on any atom is 0.250 e. The predicted molar refractivity (Wildman–Crippen MR) is 37.8 cm³/mol. The smallest absolute Gasteiger partial charge is 0.250 e. The van der Waals surface area contributed by atoms with Crippen molar-refractivity contribution in [3.63, 3.8) is 0 Å². The van der Waals surface area contributed by atoms with Gasteiger partial charge in [-0.1, -0.05) is 12.7 Å². The summed E-state index contributed by atoms with van der Waals surface area (Å²) in [7, 11) is 0. The molecule has 1 amide bonds. The van der Waals surface area contributed by atoms with Gasteiger partial charge in [0.15, 0.2) is 0 Å². The SMILES string of the molecule is C=C(C)C(=O)NC=CC. The minimum absolute atomic E-state index is 0.131. The molecule has 50 valence electrons. The van der Waals surface area contributed by atoms with Gasteiger partial charge in [-0.15, -0.1) is 0 Å². The van der Waals surface area contributed by atoms with Gasteiger partial charge in [-0.05, 0) is 20.0 Å². The molecule has 0 unspecified atom stereocenters. The summed E-state index contributed by atoms with van der Waals surface area (Å²) in [5.41, 5.74) is 0.521. The lowest BCUT2D eigenvalue weighted by molar-refractivity contribution is -0.116. The summed E-state index contributed by atoms with van der Waals surface area (Å²) in [4.78, 5) is 10.6. The van der Waals surface area contributed by atoms with Crippen LogP contribution in [0.1, 0.15) is 13.8 Å². The summed E-state index contributed by atoms with van der Waals surface area (Å²) in [6.45, 7) is 6.96. The maximum absolute atomic E-state index is 10.6. The fraction of sp³-hybridized carbons (Fsp3) is 0.286. The van der Waals surface area contributed by atoms with Gasteiger partial charge in [0.2, 0.25) is 5.91 Å². The van der Waals surface area contributed by atoms with Crippen LogP contribution in [-0.2, 0) is 4.79 Å². The van der Waals surface area contributed by atoms with Gasteiger partial charge in [-0.3, -0.25) is 4.79 Å². The van der Waals surface area contributed by atoms with Gasteiger partial charge in [0, 0.05) is 5.57 Å². The second-order valence-corrected chi connectivity index (χ2v) is 1.75. The highest BCUT2D eigenvalue weighted by Gasteiger charge is 1.94. The molecule has 2 nitrogen and oxygen atoms in total. The van der Waals surface area contributed by atoms with Crippen LogP contribution in [0.2, 0.25) is 0 Å². The molecule has 0 saturated heterocycles. The molecule has 0 aromatic carbocycles.